The summed E-state index contributed by atoms with van der Waals surface area (Å²) in [7, 11) is 0. The van der Waals surface area contributed by atoms with E-state index in [0.717, 1.165) is 15.7 Å². The van der Waals surface area contributed by atoms with Crippen molar-refractivity contribution in [3.63, 3.8) is 0 Å². The molecule has 1 heterocycles. The van der Waals surface area contributed by atoms with Crippen molar-refractivity contribution in [1.82, 2.24) is 10.3 Å². The molecule has 5 heteroatoms. The summed E-state index contributed by atoms with van der Waals surface area (Å²) in [5.74, 6) is -0.218. The van der Waals surface area contributed by atoms with E-state index >= 15 is 0 Å². The van der Waals surface area contributed by atoms with Gasteiger partial charge in [-0.3, -0.25) is 9.78 Å². The summed E-state index contributed by atoms with van der Waals surface area (Å²) in [5, 5.41) is 2.82. The molecule has 2 rings (SSSR count). The number of nitrogens with zero attached hydrogens (tertiary/aromatic N) is 1. The molecule has 4 nitrogen and oxygen atoms in total. The highest BCUT2D eigenvalue weighted by molar-refractivity contribution is 9.10. The number of aromatic nitrogens is 1. The molecule has 0 unspecified atom stereocenters. The Labute approximate surface area is 120 Å². The number of carbonyl (C=O) groups excluding carboxylic acids is 1. The van der Waals surface area contributed by atoms with E-state index in [0.29, 0.717) is 17.8 Å². The number of rotatable bonds is 3. The number of hydrogen-bond acceptors (Lipinski definition) is 3. The molecule has 98 valence electrons. The van der Waals surface area contributed by atoms with Gasteiger partial charge >= 0.3 is 0 Å². The van der Waals surface area contributed by atoms with Gasteiger partial charge < -0.3 is 11.1 Å². The number of nitrogens with two attached hydrogens (primary N) is 1. The van der Waals surface area contributed by atoms with Crippen LogP contribution in [0.4, 0.5) is 5.69 Å². The predicted octanol–water partition coefficient (Wildman–Crippen LogP) is 2.66. The lowest BCUT2D eigenvalue weighted by Gasteiger charge is -2.08. The first-order valence-corrected chi connectivity index (χ1v) is 6.60. The second-order valence-corrected chi connectivity index (χ2v) is 5.14. The van der Waals surface area contributed by atoms with Gasteiger partial charge in [-0.25, -0.2) is 0 Å². The lowest BCUT2D eigenvalue weighted by molar-refractivity contribution is 0.0951. The SMILES string of the molecule is Cc1cc(N)c(C(=O)NCc2cccc(Br)c2)cn1. The minimum Gasteiger partial charge on any atom is -0.398 e. The zero-order valence-corrected chi connectivity index (χ0v) is 12.1. The van der Waals surface area contributed by atoms with Gasteiger partial charge in [0.15, 0.2) is 0 Å². The fourth-order valence-electron chi connectivity index (χ4n) is 1.70. The number of nitrogen functional groups attached to an aromatic ring is 1. The van der Waals surface area contributed by atoms with Crippen LogP contribution in [0.3, 0.4) is 0 Å². The monoisotopic (exact) mass is 319 g/mol. The molecule has 3 N–H and O–H groups in total. The number of nitrogens with one attached hydrogen (secondary N) is 1. The number of benzene rings is 1. The van der Waals surface area contributed by atoms with E-state index in [1.54, 1.807) is 6.07 Å². The van der Waals surface area contributed by atoms with Gasteiger partial charge in [0, 0.05) is 28.6 Å². The van der Waals surface area contributed by atoms with Crippen molar-refractivity contribution in [3.05, 3.63) is 57.8 Å². The number of anilines is 1. The molecule has 0 saturated heterocycles. The van der Waals surface area contributed by atoms with E-state index in [4.69, 9.17) is 5.73 Å². The van der Waals surface area contributed by atoms with E-state index in [1.165, 1.54) is 6.20 Å². The molecule has 1 aromatic carbocycles. The van der Waals surface area contributed by atoms with Crippen LogP contribution in [0, 0.1) is 6.92 Å². The van der Waals surface area contributed by atoms with Crippen LogP contribution >= 0.6 is 15.9 Å². The van der Waals surface area contributed by atoms with Crippen LogP contribution in [0.25, 0.3) is 0 Å². The maximum atomic E-state index is 12.0. The summed E-state index contributed by atoms with van der Waals surface area (Å²) in [6, 6.07) is 9.45. The second kappa shape index (κ2) is 5.84. The van der Waals surface area contributed by atoms with E-state index in [-0.39, 0.29) is 5.91 Å². The summed E-state index contributed by atoms with van der Waals surface area (Å²) >= 11 is 3.39. The minimum atomic E-state index is -0.218. The lowest BCUT2D eigenvalue weighted by atomic mass is 10.2. The highest BCUT2D eigenvalue weighted by Gasteiger charge is 2.10. The molecule has 19 heavy (non-hydrogen) atoms. The normalized spacial score (nSPS) is 10.2. The number of carbonyl (C=O) groups is 1. The largest absolute Gasteiger partial charge is 0.398 e. The quantitative estimate of drug-likeness (QED) is 0.913. The topological polar surface area (TPSA) is 68.0 Å². The predicted molar refractivity (Wildman–Crippen MR) is 78.7 cm³/mol. The third-order valence-electron chi connectivity index (χ3n) is 2.66. The van der Waals surface area contributed by atoms with Gasteiger partial charge in [-0.05, 0) is 30.7 Å². The van der Waals surface area contributed by atoms with E-state index in [9.17, 15) is 4.79 Å². The maximum absolute atomic E-state index is 12.0. The Kier molecular flexibility index (Phi) is 4.16. The number of hydrogen-bond donors (Lipinski definition) is 2. The van der Waals surface area contributed by atoms with Gasteiger partial charge in [-0.15, -0.1) is 0 Å². The van der Waals surface area contributed by atoms with Crippen molar-refractivity contribution in [2.24, 2.45) is 0 Å². The van der Waals surface area contributed by atoms with Gasteiger partial charge in [-0.2, -0.15) is 0 Å². The molecule has 2 aromatic rings. The van der Waals surface area contributed by atoms with Crippen LogP contribution < -0.4 is 11.1 Å². The number of pyridine rings is 1. The van der Waals surface area contributed by atoms with Crippen molar-refractivity contribution < 1.29 is 4.79 Å². The van der Waals surface area contributed by atoms with E-state index in [2.05, 4.69) is 26.2 Å². The molecular weight excluding hydrogens is 306 g/mol. The average molecular weight is 320 g/mol. The molecule has 0 atom stereocenters. The first-order chi connectivity index (χ1) is 9.06. The molecule has 1 amide bonds. The third kappa shape index (κ3) is 3.54. The lowest BCUT2D eigenvalue weighted by Crippen LogP contribution is -2.24. The zero-order valence-electron chi connectivity index (χ0n) is 10.5. The van der Waals surface area contributed by atoms with Crippen molar-refractivity contribution in [2.75, 3.05) is 5.73 Å². The van der Waals surface area contributed by atoms with E-state index in [1.807, 2.05) is 31.2 Å². The Morgan fingerprint density at radius 2 is 2.21 bits per heavy atom. The molecule has 0 aliphatic rings. The first kappa shape index (κ1) is 13.5. The van der Waals surface area contributed by atoms with Crippen molar-refractivity contribution in [2.45, 2.75) is 13.5 Å². The van der Waals surface area contributed by atoms with Crippen molar-refractivity contribution in [1.29, 1.82) is 0 Å². The molecule has 0 radical (unpaired) electrons. The number of halogens is 1. The third-order valence-corrected chi connectivity index (χ3v) is 3.15. The van der Waals surface area contributed by atoms with Gasteiger partial charge in [0.2, 0.25) is 0 Å². The fourth-order valence-corrected chi connectivity index (χ4v) is 2.14. The Morgan fingerprint density at radius 3 is 2.89 bits per heavy atom. The summed E-state index contributed by atoms with van der Waals surface area (Å²) in [4.78, 5) is 16.1. The van der Waals surface area contributed by atoms with Gasteiger partial charge in [0.25, 0.3) is 5.91 Å². The molecule has 1 aromatic heterocycles. The Morgan fingerprint density at radius 1 is 1.42 bits per heavy atom. The zero-order chi connectivity index (χ0) is 13.8. The second-order valence-electron chi connectivity index (χ2n) is 4.23. The molecule has 0 spiro atoms. The number of amides is 1. The summed E-state index contributed by atoms with van der Waals surface area (Å²) in [5.41, 5.74) is 8.46. The van der Waals surface area contributed by atoms with Crippen molar-refractivity contribution in [3.8, 4) is 0 Å². The molecule has 0 saturated carbocycles. The molecular formula is C14H14BrN3O. The highest BCUT2D eigenvalue weighted by atomic mass is 79.9. The summed E-state index contributed by atoms with van der Waals surface area (Å²) < 4.78 is 0.982. The maximum Gasteiger partial charge on any atom is 0.255 e. The van der Waals surface area contributed by atoms with Crippen LogP contribution in [0.2, 0.25) is 0 Å². The van der Waals surface area contributed by atoms with Gasteiger partial charge in [0.1, 0.15) is 0 Å². The Balaban J connectivity index is 2.05. The molecule has 0 fully saturated rings. The highest BCUT2D eigenvalue weighted by Crippen LogP contribution is 2.13. The molecule has 0 bridgehead atoms. The fraction of sp³-hybridized carbons (Fsp3) is 0.143. The van der Waals surface area contributed by atoms with Crippen LogP contribution in [0.15, 0.2) is 41.0 Å². The van der Waals surface area contributed by atoms with Gasteiger partial charge in [-0.1, -0.05) is 28.1 Å². The minimum absolute atomic E-state index is 0.218. The van der Waals surface area contributed by atoms with Crippen LogP contribution in [0.1, 0.15) is 21.6 Å². The van der Waals surface area contributed by atoms with E-state index < -0.39 is 0 Å². The van der Waals surface area contributed by atoms with Crippen LogP contribution in [0.5, 0.6) is 0 Å². The standard InChI is InChI=1S/C14H14BrN3O/c1-9-5-13(16)12(8-17-9)14(19)18-7-10-3-2-4-11(15)6-10/h2-6,8H,7H2,1H3,(H2,16,17)(H,18,19). The summed E-state index contributed by atoms with van der Waals surface area (Å²) in [6.07, 6.45) is 1.50. The van der Waals surface area contributed by atoms with Crippen molar-refractivity contribution >= 4 is 27.5 Å². The first-order valence-electron chi connectivity index (χ1n) is 5.81. The average Bonchev–Trinajstić information content (AvgIpc) is 2.36. The molecule has 0 aliphatic heterocycles. The molecule has 0 aliphatic carbocycles. The summed E-state index contributed by atoms with van der Waals surface area (Å²) in [6.45, 7) is 2.28. The Bertz CT molecular complexity index is 613. The van der Waals surface area contributed by atoms with Crippen LogP contribution in [-0.4, -0.2) is 10.9 Å². The van der Waals surface area contributed by atoms with Crippen LogP contribution in [-0.2, 0) is 6.54 Å². The Hall–Kier alpha value is -1.88. The smallest absolute Gasteiger partial charge is 0.255 e. The van der Waals surface area contributed by atoms with Gasteiger partial charge in [0.05, 0.1) is 5.56 Å². The number of aryl methyl sites for hydroxylation is 1.